The van der Waals surface area contributed by atoms with Crippen LogP contribution in [0.4, 0.5) is 4.39 Å². The van der Waals surface area contributed by atoms with Crippen molar-refractivity contribution in [3.63, 3.8) is 0 Å². The fourth-order valence-electron chi connectivity index (χ4n) is 4.71. The van der Waals surface area contributed by atoms with Crippen molar-refractivity contribution in [1.82, 2.24) is 10.6 Å². The third-order valence-corrected chi connectivity index (χ3v) is 12.8. The Hall–Kier alpha value is -3.04. The zero-order valence-electron chi connectivity index (χ0n) is 26.5. The van der Waals surface area contributed by atoms with Crippen LogP contribution in [0.5, 0.6) is 5.75 Å². The van der Waals surface area contributed by atoms with Gasteiger partial charge in [0, 0.05) is 24.7 Å². The van der Waals surface area contributed by atoms with E-state index in [1.165, 1.54) is 12.1 Å². The lowest BCUT2D eigenvalue weighted by atomic mass is 10.0. The van der Waals surface area contributed by atoms with E-state index in [1.807, 2.05) is 24.3 Å². The SMILES string of the molecule is C[C@H](Cc1cccc(CC(=O)NCCCc2ccc(F)cc2)c1)NC[C@@H](O[Si](C)(C)C(C)(C)C)c1ccc(O)c(CO)c1. The van der Waals surface area contributed by atoms with Crippen molar-refractivity contribution in [3.05, 3.63) is 100 Å². The highest BCUT2D eigenvalue weighted by Crippen LogP contribution is 2.40. The highest BCUT2D eigenvalue weighted by atomic mass is 28.4. The highest BCUT2D eigenvalue weighted by molar-refractivity contribution is 6.74. The molecule has 0 aliphatic heterocycles. The Morgan fingerprint density at radius 1 is 1.00 bits per heavy atom. The van der Waals surface area contributed by atoms with Crippen molar-refractivity contribution in [2.75, 3.05) is 13.1 Å². The number of nitrogens with one attached hydrogen (secondary N) is 2. The molecule has 3 aromatic rings. The van der Waals surface area contributed by atoms with Gasteiger partial charge in [-0.3, -0.25) is 4.79 Å². The predicted octanol–water partition coefficient (Wildman–Crippen LogP) is 6.60. The van der Waals surface area contributed by atoms with E-state index in [-0.39, 0.29) is 41.3 Å². The molecule has 1 amide bonds. The van der Waals surface area contributed by atoms with Gasteiger partial charge in [-0.2, -0.15) is 0 Å². The molecule has 0 aliphatic rings. The minimum atomic E-state index is -2.11. The lowest BCUT2D eigenvalue weighted by Crippen LogP contribution is -2.44. The molecule has 8 heteroatoms. The van der Waals surface area contributed by atoms with Gasteiger partial charge < -0.3 is 25.3 Å². The first-order chi connectivity index (χ1) is 20.3. The van der Waals surface area contributed by atoms with Crippen molar-refractivity contribution in [2.45, 2.75) is 90.3 Å². The number of phenols is 1. The highest BCUT2D eigenvalue weighted by Gasteiger charge is 2.39. The van der Waals surface area contributed by atoms with E-state index in [0.717, 1.165) is 41.5 Å². The second-order valence-corrected chi connectivity index (χ2v) is 17.8. The number of amides is 1. The van der Waals surface area contributed by atoms with E-state index < -0.39 is 8.32 Å². The first kappa shape index (κ1) is 34.4. The largest absolute Gasteiger partial charge is 0.508 e. The summed E-state index contributed by atoms with van der Waals surface area (Å²) in [6, 6.07) is 20.1. The normalized spacial score (nSPS) is 13.5. The van der Waals surface area contributed by atoms with Gasteiger partial charge in [0.05, 0.1) is 19.1 Å². The second-order valence-electron chi connectivity index (χ2n) is 13.0. The number of aromatic hydroxyl groups is 1. The van der Waals surface area contributed by atoms with Crippen molar-refractivity contribution in [2.24, 2.45) is 0 Å². The van der Waals surface area contributed by atoms with E-state index in [9.17, 15) is 19.4 Å². The molecule has 0 unspecified atom stereocenters. The maximum atomic E-state index is 13.1. The summed E-state index contributed by atoms with van der Waals surface area (Å²) in [6.45, 7) is 14.2. The summed E-state index contributed by atoms with van der Waals surface area (Å²) in [6.07, 6.45) is 2.47. The van der Waals surface area contributed by atoms with Crippen LogP contribution in [0.25, 0.3) is 0 Å². The summed E-state index contributed by atoms with van der Waals surface area (Å²) < 4.78 is 19.9. The number of aliphatic hydroxyl groups is 1. The fraction of sp³-hybridized carbons (Fsp3) is 0.457. The van der Waals surface area contributed by atoms with Crippen molar-refractivity contribution < 1.29 is 23.8 Å². The van der Waals surface area contributed by atoms with Crippen molar-refractivity contribution in [3.8, 4) is 5.75 Å². The minimum Gasteiger partial charge on any atom is -0.508 e. The molecular weight excluding hydrogens is 559 g/mol. The number of aliphatic hydroxyl groups excluding tert-OH is 1. The number of hydrogen-bond acceptors (Lipinski definition) is 5. The van der Waals surface area contributed by atoms with Gasteiger partial charge in [0.15, 0.2) is 8.32 Å². The minimum absolute atomic E-state index is 0.0100. The molecule has 0 heterocycles. The molecule has 43 heavy (non-hydrogen) atoms. The monoisotopic (exact) mass is 608 g/mol. The second kappa shape index (κ2) is 15.6. The van der Waals surface area contributed by atoms with Gasteiger partial charge in [-0.1, -0.05) is 63.2 Å². The van der Waals surface area contributed by atoms with Gasteiger partial charge in [-0.15, -0.1) is 0 Å². The molecular formula is C35H49FN2O4Si. The van der Waals surface area contributed by atoms with Gasteiger partial charge in [0.2, 0.25) is 5.91 Å². The average molecular weight is 609 g/mol. The molecule has 2 atom stereocenters. The number of halogens is 1. The van der Waals surface area contributed by atoms with Gasteiger partial charge in [-0.05, 0) is 90.8 Å². The molecule has 3 rings (SSSR count). The molecule has 0 aliphatic carbocycles. The summed E-state index contributed by atoms with van der Waals surface area (Å²) in [5, 5.41) is 26.5. The third kappa shape index (κ3) is 10.9. The van der Waals surface area contributed by atoms with Crippen LogP contribution < -0.4 is 10.6 Å². The van der Waals surface area contributed by atoms with Crippen LogP contribution >= 0.6 is 0 Å². The van der Waals surface area contributed by atoms with Crippen molar-refractivity contribution in [1.29, 1.82) is 0 Å². The van der Waals surface area contributed by atoms with E-state index in [1.54, 1.807) is 18.2 Å². The Kier molecular flexibility index (Phi) is 12.5. The molecule has 0 spiro atoms. The quantitative estimate of drug-likeness (QED) is 0.115. The van der Waals surface area contributed by atoms with Crippen LogP contribution in [-0.4, -0.2) is 43.6 Å². The molecule has 0 fully saturated rings. The molecule has 0 radical (unpaired) electrons. The number of aryl methyl sites for hydroxylation is 1. The van der Waals surface area contributed by atoms with Crippen LogP contribution in [-0.2, 0) is 35.1 Å². The molecule has 0 saturated carbocycles. The number of benzene rings is 3. The fourth-order valence-corrected chi connectivity index (χ4v) is 6.00. The van der Waals surface area contributed by atoms with Crippen LogP contribution in [0.15, 0.2) is 66.7 Å². The van der Waals surface area contributed by atoms with Crippen LogP contribution in [0.2, 0.25) is 18.1 Å². The topological polar surface area (TPSA) is 90.8 Å². The Morgan fingerprint density at radius 3 is 2.37 bits per heavy atom. The van der Waals surface area contributed by atoms with E-state index in [2.05, 4.69) is 63.6 Å². The van der Waals surface area contributed by atoms with Gasteiger partial charge >= 0.3 is 0 Å². The molecule has 0 aromatic heterocycles. The van der Waals surface area contributed by atoms with Crippen molar-refractivity contribution >= 4 is 14.2 Å². The molecule has 0 bridgehead atoms. The number of rotatable bonds is 15. The Morgan fingerprint density at radius 2 is 1.70 bits per heavy atom. The Bertz CT molecular complexity index is 1320. The van der Waals surface area contributed by atoms with Gasteiger partial charge in [0.25, 0.3) is 0 Å². The van der Waals surface area contributed by atoms with Crippen LogP contribution in [0, 0.1) is 5.82 Å². The smallest absolute Gasteiger partial charge is 0.224 e. The molecule has 0 saturated heterocycles. The first-order valence-electron chi connectivity index (χ1n) is 15.2. The molecule has 4 N–H and O–H groups in total. The summed E-state index contributed by atoms with van der Waals surface area (Å²) in [5.74, 6) is -0.169. The van der Waals surface area contributed by atoms with Crippen LogP contribution in [0.1, 0.15) is 68.0 Å². The lowest BCUT2D eigenvalue weighted by Gasteiger charge is -2.40. The van der Waals surface area contributed by atoms with E-state index in [0.29, 0.717) is 25.1 Å². The maximum Gasteiger partial charge on any atom is 0.224 e. The number of hydrogen-bond donors (Lipinski definition) is 4. The van der Waals surface area contributed by atoms with Gasteiger partial charge in [0.1, 0.15) is 11.6 Å². The standard InChI is InChI=1S/C35H49FN2O4Si/c1-25(38-23-33(42-43(5,6)35(2,3)4)29-14-17-32(40)30(22-29)24-39)19-27-9-7-10-28(20-27)21-34(41)37-18-8-11-26-12-15-31(36)16-13-26/h7,9-10,12-17,20,22,25,33,38-40H,8,11,18-19,21,23-24H2,1-6H3,(H,37,41)/t25-,33-/m1/s1. The summed E-state index contributed by atoms with van der Waals surface area (Å²) in [7, 11) is -2.11. The molecule has 234 valence electrons. The summed E-state index contributed by atoms with van der Waals surface area (Å²) >= 11 is 0. The van der Waals surface area contributed by atoms with E-state index in [4.69, 9.17) is 4.43 Å². The van der Waals surface area contributed by atoms with Crippen LogP contribution in [0.3, 0.4) is 0 Å². The molecule has 3 aromatic carbocycles. The zero-order chi connectivity index (χ0) is 31.6. The maximum absolute atomic E-state index is 13.1. The Labute approximate surface area is 257 Å². The van der Waals surface area contributed by atoms with E-state index >= 15 is 0 Å². The average Bonchev–Trinajstić information content (AvgIpc) is 2.94. The number of carbonyl (C=O) groups excluding carboxylic acids is 1. The first-order valence-corrected chi connectivity index (χ1v) is 18.1. The third-order valence-electron chi connectivity index (χ3n) is 8.32. The predicted molar refractivity (Wildman–Crippen MR) is 174 cm³/mol. The molecule has 6 nitrogen and oxygen atoms in total. The Balaban J connectivity index is 1.55. The summed E-state index contributed by atoms with van der Waals surface area (Å²) in [5.41, 5.74) is 4.60. The number of carbonyl (C=O) groups is 1. The lowest BCUT2D eigenvalue weighted by molar-refractivity contribution is -0.120. The van der Waals surface area contributed by atoms with Gasteiger partial charge in [-0.25, -0.2) is 4.39 Å². The summed E-state index contributed by atoms with van der Waals surface area (Å²) in [4.78, 5) is 12.6. The zero-order valence-corrected chi connectivity index (χ0v) is 27.5.